The molecule has 214 valence electrons. The number of thiazole rings is 1. The maximum absolute atomic E-state index is 14.6. The van der Waals surface area contributed by atoms with Gasteiger partial charge in [0.1, 0.15) is 22.1 Å². The highest BCUT2D eigenvalue weighted by molar-refractivity contribution is 7.15. The number of fused-ring (bicyclic) bond motifs is 1. The van der Waals surface area contributed by atoms with Crippen molar-refractivity contribution in [1.29, 1.82) is 0 Å². The molecule has 1 amide bonds. The lowest BCUT2D eigenvalue weighted by atomic mass is 9.82. The number of methoxy groups -OCH3 is 1. The molecule has 1 aliphatic carbocycles. The molecule has 0 spiro atoms. The Labute approximate surface area is 231 Å². The van der Waals surface area contributed by atoms with Gasteiger partial charge in [-0.25, -0.2) is 14.4 Å². The van der Waals surface area contributed by atoms with E-state index in [2.05, 4.69) is 20.6 Å². The Bertz CT molecular complexity index is 1400. The SMILES string of the molecule is COc1ncc(C(=O)NC[C@](O)(c2cc3c(c(-c4ccc(F)cc4)n2)OC[C@]3(C)CNCC2CC2)C(F)(F)F)s1. The first-order chi connectivity index (χ1) is 18.9. The summed E-state index contributed by atoms with van der Waals surface area (Å²) in [5.41, 5.74) is -4.20. The van der Waals surface area contributed by atoms with E-state index in [0.717, 1.165) is 30.7 Å². The summed E-state index contributed by atoms with van der Waals surface area (Å²) in [6, 6.07) is 6.31. The molecule has 13 heteroatoms. The number of benzene rings is 1. The molecule has 0 bridgehead atoms. The van der Waals surface area contributed by atoms with Gasteiger partial charge in [-0.05, 0) is 55.6 Å². The van der Waals surface area contributed by atoms with E-state index in [1.54, 1.807) is 0 Å². The number of rotatable bonds is 10. The Morgan fingerprint density at radius 2 is 2.00 bits per heavy atom. The average Bonchev–Trinajstić information content (AvgIpc) is 3.50. The van der Waals surface area contributed by atoms with Gasteiger partial charge in [0.15, 0.2) is 0 Å². The van der Waals surface area contributed by atoms with Gasteiger partial charge in [0, 0.05) is 23.1 Å². The smallest absolute Gasteiger partial charge is 0.424 e. The monoisotopic (exact) mass is 580 g/mol. The van der Waals surface area contributed by atoms with Gasteiger partial charge in [0.2, 0.25) is 5.60 Å². The second-order valence-electron chi connectivity index (χ2n) is 10.4. The van der Waals surface area contributed by atoms with Crippen LogP contribution in [0, 0.1) is 11.7 Å². The van der Waals surface area contributed by atoms with Crippen LogP contribution in [0.25, 0.3) is 11.3 Å². The van der Waals surface area contributed by atoms with Crippen molar-refractivity contribution in [3.8, 4) is 22.2 Å². The first-order valence-electron chi connectivity index (χ1n) is 12.7. The predicted octanol–water partition coefficient (Wildman–Crippen LogP) is 4.18. The van der Waals surface area contributed by atoms with Crippen molar-refractivity contribution in [3.05, 3.63) is 58.5 Å². The van der Waals surface area contributed by atoms with Crippen molar-refractivity contribution in [3.63, 3.8) is 0 Å². The highest BCUT2D eigenvalue weighted by Gasteiger charge is 2.57. The number of nitrogens with zero attached hydrogens (tertiary/aromatic N) is 2. The molecule has 2 aliphatic rings. The fourth-order valence-corrected chi connectivity index (χ4v) is 5.21. The largest absolute Gasteiger partial charge is 0.490 e. The number of amides is 1. The van der Waals surface area contributed by atoms with Gasteiger partial charge in [0.25, 0.3) is 11.1 Å². The first-order valence-corrected chi connectivity index (χ1v) is 13.5. The van der Waals surface area contributed by atoms with E-state index in [1.807, 2.05) is 6.92 Å². The number of carbonyl (C=O) groups excluding carboxylic acids is 1. The number of pyridine rings is 1. The lowest BCUT2D eigenvalue weighted by Crippen LogP contribution is -2.51. The summed E-state index contributed by atoms with van der Waals surface area (Å²) in [6.07, 6.45) is -1.77. The molecule has 3 heterocycles. The van der Waals surface area contributed by atoms with E-state index in [4.69, 9.17) is 9.47 Å². The van der Waals surface area contributed by atoms with Crippen molar-refractivity contribution in [2.24, 2.45) is 5.92 Å². The van der Waals surface area contributed by atoms with Crippen LogP contribution in [0.15, 0.2) is 36.5 Å². The Morgan fingerprint density at radius 1 is 1.27 bits per heavy atom. The number of alkyl halides is 3. The molecule has 0 radical (unpaired) electrons. The molecule has 0 unspecified atom stereocenters. The number of ether oxygens (including phenoxy) is 2. The van der Waals surface area contributed by atoms with Gasteiger partial charge in [-0.3, -0.25) is 4.79 Å². The van der Waals surface area contributed by atoms with Crippen LogP contribution in [0.1, 0.15) is 40.7 Å². The molecule has 2 atom stereocenters. The van der Waals surface area contributed by atoms with E-state index in [9.17, 15) is 27.5 Å². The van der Waals surface area contributed by atoms with E-state index in [-0.39, 0.29) is 28.1 Å². The van der Waals surface area contributed by atoms with E-state index in [0.29, 0.717) is 23.6 Å². The quantitative estimate of drug-likeness (QED) is 0.309. The molecule has 5 rings (SSSR count). The number of aromatic nitrogens is 2. The molecule has 1 aliphatic heterocycles. The van der Waals surface area contributed by atoms with Crippen molar-refractivity contribution >= 4 is 17.2 Å². The molecule has 0 saturated heterocycles. The minimum Gasteiger partial charge on any atom is -0.490 e. The van der Waals surface area contributed by atoms with Gasteiger partial charge >= 0.3 is 6.18 Å². The molecule has 1 aromatic carbocycles. The molecular formula is C27H28F4N4O4S. The van der Waals surface area contributed by atoms with Crippen molar-refractivity contribution in [1.82, 2.24) is 20.6 Å². The molecule has 3 aromatic rings. The summed E-state index contributed by atoms with van der Waals surface area (Å²) in [6.45, 7) is 2.05. The highest BCUT2D eigenvalue weighted by Crippen LogP contribution is 2.47. The zero-order valence-electron chi connectivity index (χ0n) is 21.8. The lowest BCUT2D eigenvalue weighted by Gasteiger charge is -2.32. The second kappa shape index (κ2) is 10.6. The Hall–Kier alpha value is -3.29. The van der Waals surface area contributed by atoms with Crippen molar-refractivity contribution in [2.75, 3.05) is 33.4 Å². The second-order valence-corrected chi connectivity index (χ2v) is 11.4. The summed E-state index contributed by atoms with van der Waals surface area (Å²) in [5.74, 6) is -0.524. The summed E-state index contributed by atoms with van der Waals surface area (Å²) in [7, 11) is 1.35. The molecule has 1 saturated carbocycles. The zero-order chi connectivity index (χ0) is 28.7. The zero-order valence-corrected chi connectivity index (χ0v) is 22.6. The highest BCUT2D eigenvalue weighted by atomic mass is 32.1. The fraction of sp³-hybridized carbons (Fsp3) is 0.444. The molecule has 2 aromatic heterocycles. The van der Waals surface area contributed by atoms with Crippen LogP contribution in [-0.2, 0) is 11.0 Å². The van der Waals surface area contributed by atoms with Crippen LogP contribution in [0.2, 0.25) is 0 Å². The molecule has 1 fully saturated rings. The number of nitrogens with one attached hydrogen (secondary N) is 2. The Kier molecular flexibility index (Phi) is 7.48. The summed E-state index contributed by atoms with van der Waals surface area (Å²) in [5, 5.41) is 16.9. The number of carbonyl (C=O) groups is 1. The third kappa shape index (κ3) is 5.50. The van der Waals surface area contributed by atoms with Gasteiger partial charge in [-0.1, -0.05) is 18.3 Å². The molecular weight excluding hydrogens is 552 g/mol. The Balaban J connectivity index is 1.54. The maximum Gasteiger partial charge on any atom is 0.424 e. The van der Waals surface area contributed by atoms with Crippen LogP contribution in [0.3, 0.4) is 0 Å². The van der Waals surface area contributed by atoms with Crippen LogP contribution >= 0.6 is 11.3 Å². The van der Waals surface area contributed by atoms with E-state index in [1.165, 1.54) is 43.6 Å². The molecule has 40 heavy (non-hydrogen) atoms. The number of hydrogen-bond donors (Lipinski definition) is 3. The lowest BCUT2D eigenvalue weighted by molar-refractivity contribution is -0.265. The normalized spacial score (nSPS) is 20.0. The minimum atomic E-state index is -5.22. The third-order valence-electron chi connectivity index (χ3n) is 7.20. The summed E-state index contributed by atoms with van der Waals surface area (Å²) < 4.78 is 68.3. The standard InChI is InChI=1S/C27H28F4N4O4S/c1-25(12-32-10-15-3-4-15)14-39-22-18(25)9-20(35-21(22)16-5-7-17(28)8-6-16)26(37,27(29,30)31)13-34-23(36)19-11-33-24(38-2)40-19/h5-9,11,15,32,37H,3-4,10,12-14H2,1-2H3,(H,34,36)/t25-,26-/m0/s1. The van der Waals surface area contributed by atoms with Gasteiger partial charge in [-0.15, -0.1) is 0 Å². The first kappa shape index (κ1) is 28.2. The molecule has 8 nitrogen and oxygen atoms in total. The van der Waals surface area contributed by atoms with Gasteiger partial charge in [0.05, 0.1) is 32.2 Å². The number of halogens is 4. The minimum absolute atomic E-state index is 0.0120. The van der Waals surface area contributed by atoms with Crippen LogP contribution < -0.4 is 20.1 Å². The summed E-state index contributed by atoms with van der Waals surface area (Å²) >= 11 is 0.848. The van der Waals surface area contributed by atoms with Crippen molar-refractivity contribution < 1.29 is 36.9 Å². The van der Waals surface area contributed by atoms with Crippen molar-refractivity contribution in [2.45, 2.75) is 37.0 Å². The number of hydrogen-bond acceptors (Lipinski definition) is 8. The fourth-order valence-electron chi connectivity index (χ4n) is 4.56. The van der Waals surface area contributed by atoms with Gasteiger partial charge in [-0.2, -0.15) is 13.2 Å². The number of aliphatic hydroxyl groups is 1. The van der Waals surface area contributed by atoms with Crippen LogP contribution in [0.4, 0.5) is 17.6 Å². The van der Waals surface area contributed by atoms with Gasteiger partial charge < -0.3 is 25.2 Å². The van der Waals surface area contributed by atoms with E-state index >= 15 is 0 Å². The molecule has 3 N–H and O–H groups in total. The van der Waals surface area contributed by atoms with E-state index < -0.39 is 41.2 Å². The Morgan fingerprint density at radius 3 is 2.62 bits per heavy atom. The topological polar surface area (TPSA) is 106 Å². The third-order valence-corrected chi connectivity index (χ3v) is 8.16. The summed E-state index contributed by atoms with van der Waals surface area (Å²) in [4.78, 5) is 20.7. The van der Waals surface area contributed by atoms with Crippen LogP contribution in [0.5, 0.6) is 10.9 Å². The maximum atomic E-state index is 14.6. The average molecular weight is 581 g/mol. The van der Waals surface area contributed by atoms with Crippen LogP contribution in [-0.4, -0.2) is 60.5 Å². The predicted molar refractivity (Wildman–Crippen MR) is 139 cm³/mol.